The molecule has 1 heteroatoms. The van der Waals surface area contributed by atoms with Crippen LogP contribution in [0, 0.1) is 5.92 Å². The molecule has 0 spiro atoms. The van der Waals surface area contributed by atoms with Crippen LogP contribution in [0.15, 0.2) is 60.7 Å². The van der Waals surface area contributed by atoms with E-state index in [4.69, 9.17) is 0 Å². The second-order valence-electron chi connectivity index (χ2n) is 5.26. The van der Waals surface area contributed by atoms with E-state index in [1.807, 2.05) is 0 Å². The maximum absolute atomic E-state index is 2.32. The van der Waals surface area contributed by atoms with E-state index in [0.29, 0.717) is 5.92 Å². The summed E-state index contributed by atoms with van der Waals surface area (Å²) in [7, 11) is 0. The van der Waals surface area contributed by atoms with Crippen LogP contribution in [-0.4, -0.2) is 17.7 Å². The summed E-state index contributed by atoms with van der Waals surface area (Å²) in [6, 6.07) is 21.9. The molecule has 0 aliphatic rings. The van der Waals surface area contributed by atoms with Gasteiger partial charge in [0.15, 0.2) is 0 Å². The molecule has 0 aliphatic carbocycles. The third kappa shape index (κ3) is 3.75. The van der Waals surface area contributed by atoms with Crippen LogP contribution in [0.1, 0.15) is 36.8 Å². The first-order valence-electron chi connectivity index (χ1n) is 7.46. The van der Waals surface area contributed by atoms with Crippen LogP contribution in [-0.2, 0) is 0 Å². The van der Waals surface area contributed by atoms with Crippen molar-refractivity contribution in [1.82, 2.24) is 0 Å². The van der Waals surface area contributed by atoms with Gasteiger partial charge in [-0.15, -0.1) is 0 Å². The number of hydrogen-bond acceptors (Lipinski definition) is 0. The van der Waals surface area contributed by atoms with E-state index in [-0.39, 0.29) is 0 Å². The summed E-state index contributed by atoms with van der Waals surface area (Å²) < 4.78 is 0. The molecule has 2 aromatic carbocycles. The van der Waals surface area contributed by atoms with Gasteiger partial charge in [-0.1, -0.05) is 0 Å². The van der Waals surface area contributed by atoms with Crippen LogP contribution in [0.3, 0.4) is 0 Å². The molecular weight excluding hydrogens is 223 g/mol. The molecule has 2 aromatic rings. The van der Waals surface area contributed by atoms with E-state index in [1.165, 1.54) is 29.1 Å². The molecule has 0 amide bonds. The maximum atomic E-state index is 2.32. The molecule has 0 saturated carbocycles. The van der Waals surface area contributed by atoms with Crippen molar-refractivity contribution in [3.63, 3.8) is 0 Å². The first kappa shape index (κ1) is 14.4. The van der Waals surface area contributed by atoms with Crippen molar-refractivity contribution in [2.75, 3.05) is 0 Å². The molecule has 0 radical (unpaired) electrons. The third-order valence-electron chi connectivity index (χ3n) is 3.97. The van der Waals surface area contributed by atoms with Crippen LogP contribution in [0.25, 0.3) is 0 Å². The molecule has 0 saturated heterocycles. The predicted molar refractivity (Wildman–Crippen MR) is 83.7 cm³/mol. The fourth-order valence-corrected chi connectivity index (χ4v) is 3.03. The quantitative estimate of drug-likeness (QED) is 0.639. The first-order chi connectivity index (χ1) is 9.36. The van der Waals surface area contributed by atoms with Crippen LogP contribution >= 0.6 is 0 Å². The molecule has 1 unspecified atom stereocenters. The van der Waals surface area contributed by atoms with Gasteiger partial charge in [0.25, 0.3) is 0 Å². The molecular formula is C18H21Li. The molecule has 19 heavy (non-hydrogen) atoms. The van der Waals surface area contributed by atoms with Gasteiger partial charge in [0, 0.05) is 0 Å². The van der Waals surface area contributed by atoms with E-state index in [0.717, 1.165) is 5.92 Å². The fraction of sp³-hybridized carbons (Fsp3) is 0.333. The Labute approximate surface area is 126 Å². The second-order valence-corrected chi connectivity index (χ2v) is 5.26. The Morgan fingerprint density at radius 3 is 1.68 bits per heavy atom. The van der Waals surface area contributed by atoms with Gasteiger partial charge in [-0.2, -0.15) is 0 Å². The molecule has 0 fully saturated rings. The molecule has 2 rings (SSSR count). The second kappa shape index (κ2) is 7.58. The molecule has 1 atom stereocenters. The molecule has 0 bridgehead atoms. The van der Waals surface area contributed by atoms with Gasteiger partial charge in [0.2, 0.25) is 0 Å². The van der Waals surface area contributed by atoms with Crippen LogP contribution in [0.2, 0.25) is 5.09 Å². The summed E-state index contributed by atoms with van der Waals surface area (Å²) in [6.45, 7) is 2.32. The molecule has 94 valence electrons. The zero-order valence-corrected chi connectivity index (χ0v) is 12.0. The summed E-state index contributed by atoms with van der Waals surface area (Å²) >= 11 is 2.29. The number of benzene rings is 2. The monoisotopic (exact) mass is 244 g/mol. The predicted octanol–water partition coefficient (Wildman–Crippen LogP) is 4.82. The van der Waals surface area contributed by atoms with Crippen LogP contribution < -0.4 is 0 Å². The van der Waals surface area contributed by atoms with Gasteiger partial charge in [-0.05, 0) is 0 Å². The van der Waals surface area contributed by atoms with Crippen molar-refractivity contribution < 1.29 is 0 Å². The van der Waals surface area contributed by atoms with Gasteiger partial charge < -0.3 is 0 Å². The molecule has 0 N–H and O–H groups in total. The van der Waals surface area contributed by atoms with Gasteiger partial charge in [-0.3, -0.25) is 0 Å². The normalized spacial score (nSPS) is 12.6. The van der Waals surface area contributed by atoms with Gasteiger partial charge in [0.05, 0.1) is 0 Å². The van der Waals surface area contributed by atoms with Crippen LogP contribution in [0.5, 0.6) is 0 Å². The molecule has 0 aromatic heterocycles. The van der Waals surface area contributed by atoms with E-state index in [1.54, 1.807) is 0 Å². The summed E-state index contributed by atoms with van der Waals surface area (Å²) in [5.41, 5.74) is 2.91. The Balaban J connectivity index is 2.38. The zero-order chi connectivity index (χ0) is 13.5. The first-order valence-corrected chi connectivity index (χ1v) is 7.46. The summed E-state index contributed by atoms with van der Waals surface area (Å²) in [5, 5.41) is 1.26. The molecule has 0 heterocycles. The SMILES string of the molecule is [Li][CH2]CC(CC)C(c1ccccc1)c1ccccc1. The average Bonchev–Trinajstić information content (AvgIpc) is 2.49. The Bertz CT molecular complexity index is 424. The van der Waals surface area contributed by atoms with Crippen molar-refractivity contribution in [3.8, 4) is 0 Å². The zero-order valence-electron chi connectivity index (χ0n) is 12.0. The Hall–Kier alpha value is -0.963. The molecule has 0 nitrogen and oxygen atoms in total. The minimum absolute atomic E-state index is 0.535. The Morgan fingerprint density at radius 1 is 0.842 bits per heavy atom. The fourth-order valence-electron chi connectivity index (χ4n) is 3.03. The topological polar surface area (TPSA) is 0 Å². The van der Waals surface area contributed by atoms with Crippen LogP contribution in [0.4, 0.5) is 0 Å². The van der Waals surface area contributed by atoms with Crippen molar-refractivity contribution in [2.45, 2.75) is 30.8 Å². The number of hydrogen-bond donors (Lipinski definition) is 0. The summed E-state index contributed by atoms with van der Waals surface area (Å²) in [4.78, 5) is 0. The van der Waals surface area contributed by atoms with E-state index >= 15 is 0 Å². The van der Waals surface area contributed by atoms with E-state index in [2.05, 4.69) is 85.3 Å². The van der Waals surface area contributed by atoms with Gasteiger partial charge in [0.1, 0.15) is 0 Å². The minimum atomic E-state index is 0.535. The van der Waals surface area contributed by atoms with E-state index in [9.17, 15) is 0 Å². The number of rotatable bonds is 6. The third-order valence-corrected chi connectivity index (χ3v) is 3.97. The average molecular weight is 244 g/mol. The van der Waals surface area contributed by atoms with Gasteiger partial charge in [-0.25, -0.2) is 0 Å². The standard InChI is InChI=1S/C18H21.Li/c1-3-15(4-2)18(16-11-7-5-8-12-16)17-13-9-6-10-14-17;/h5-15,18H,1,3-4H2,2H3;. The van der Waals surface area contributed by atoms with Crippen molar-refractivity contribution in [3.05, 3.63) is 71.8 Å². The van der Waals surface area contributed by atoms with Crippen molar-refractivity contribution in [1.29, 1.82) is 0 Å². The summed E-state index contributed by atoms with van der Waals surface area (Å²) in [6.07, 6.45) is 2.53. The van der Waals surface area contributed by atoms with E-state index < -0.39 is 0 Å². The van der Waals surface area contributed by atoms with Crippen molar-refractivity contribution >= 4 is 17.7 Å². The molecule has 0 aliphatic heterocycles. The Morgan fingerprint density at radius 2 is 1.32 bits per heavy atom. The van der Waals surface area contributed by atoms with Crippen molar-refractivity contribution in [2.24, 2.45) is 5.92 Å². The Kier molecular flexibility index (Phi) is 5.77. The summed E-state index contributed by atoms with van der Waals surface area (Å²) in [5.74, 6) is 1.27. The van der Waals surface area contributed by atoms with Gasteiger partial charge >= 0.3 is 126 Å².